The quantitative estimate of drug-likeness (QED) is 0.592. The number of hydrogen-bond donors (Lipinski definition) is 1. The topological polar surface area (TPSA) is 61.4 Å². The highest BCUT2D eigenvalue weighted by Crippen LogP contribution is 2.44. The molecule has 0 bridgehead atoms. The zero-order valence-electron chi connectivity index (χ0n) is 18.5. The minimum atomic E-state index is -1.20. The van der Waals surface area contributed by atoms with Gasteiger partial charge in [0.1, 0.15) is 29.1 Å². The van der Waals surface area contributed by atoms with Gasteiger partial charge in [-0.1, -0.05) is 0 Å². The van der Waals surface area contributed by atoms with Crippen LogP contribution in [0.3, 0.4) is 0 Å². The molecule has 6 nitrogen and oxygen atoms in total. The molecule has 34 heavy (non-hydrogen) atoms. The van der Waals surface area contributed by atoms with Crippen LogP contribution < -0.4 is 15.1 Å². The number of halogens is 3. The molecule has 6 rings (SSSR count). The molecular weight excluding hydrogens is 443 g/mol. The van der Waals surface area contributed by atoms with Crippen molar-refractivity contribution in [1.82, 2.24) is 15.3 Å². The molecule has 1 spiro atoms. The Balaban J connectivity index is 1.37. The average molecular weight is 467 g/mol. The Hall–Kier alpha value is -3.20. The molecule has 1 N–H and O–H groups in total. The molecule has 2 atom stereocenters. The first kappa shape index (κ1) is 21.3. The van der Waals surface area contributed by atoms with E-state index in [2.05, 4.69) is 10.3 Å². The lowest BCUT2D eigenvalue weighted by Crippen LogP contribution is -2.64. The molecule has 5 heterocycles. The molecule has 3 aliphatic heterocycles. The smallest absolute Gasteiger partial charge is 0.235 e. The summed E-state index contributed by atoms with van der Waals surface area (Å²) >= 11 is 0. The molecule has 3 aromatic rings. The third-order valence-electron chi connectivity index (χ3n) is 7.42. The number of benzene rings is 1. The van der Waals surface area contributed by atoms with Gasteiger partial charge in [-0.25, -0.2) is 18.2 Å². The number of alkyl halides is 1. The summed E-state index contributed by atoms with van der Waals surface area (Å²) in [7, 11) is 0. The van der Waals surface area contributed by atoms with E-state index in [1.54, 1.807) is 34.2 Å². The molecule has 0 saturated carbocycles. The second-order valence-electron chi connectivity index (χ2n) is 9.46. The maximum Gasteiger partial charge on any atom is 0.235 e. The second-order valence-corrected chi connectivity index (χ2v) is 9.46. The molecular formula is C25H24F3N5O. The monoisotopic (exact) mass is 467 g/mol. The number of pyridine rings is 2. The fraction of sp³-hybridized carbons (Fsp3) is 0.400. The lowest BCUT2D eigenvalue weighted by Gasteiger charge is -2.50. The Labute approximate surface area is 194 Å². The van der Waals surface area contributed by atoms with Crippen molar-refractivity contribution >= 4 is 28.4 Å². The summed E-state index contributed by atoms with van der Waals surface area (Å²) < 4.78 is 42.9. The Kier molecular flexibility index (Phi) is 4.98. The van der Waals surface area contributed by atoms with Crippen molar-refractivity contribution in [2.75, 3.05) is 36.0 Å². The number of piperidine rings is 1. The van der Waals surface area contributed by atoms with Gasteiger partial charge < -0.3 is 15.1 Å². The normalized spacial score (nSPS) is 24.1. The van der Waals surface area contributed by atoms with Gasteiger partial charge >= 0.3 is 0 Å². The minimum absolute atomic E-state index is 0.0213. The van der Waals surface area contributed by atoms with E-state index in [1.807, 2.05) is 0 Å². The molecule has 9 heteroatoms. The van der Waals surface area contributed by atoms with Gasteiger partial charge in [0.25, 0.3) is 0 Å². The van der Waals surface area contributed by atoms with E-state index in [0.29, 0.717) is 29.1 Å². The number of nitrogens with one attached hydrogen (secondary N) is 1. The minimum Gasteiger partial charge on any atom is -0.346 e. The maximum absolute atomic E-state index is 14.5. The molecule has 176 valence electrons. The van der Waals surface area contributed by atoms with Crippen LogP contribution >= 0.6 is 0 Å². The standard InChI is InChI=1S/C25H24F3N5O/c26-15-1-2-18(28)17(11-15)21-12-16(27)13-32(21)22-4-3-19-23(31-22)20(5-8-30-19)33-14-25(24(33)34)6-9-29-10-7-25/h1-5,8,11,16,21,29H,6-7,9-10,12-14H2/t16-,21+/m0/s1. The summed E-state index contributed by atoms with van der Waals surface area (Å²) in [6.07, 6.45) is 2.13. The number of carbonyl (C=O) groups excluding carboxylic acids is 1. The molecule has 1 amide bonds. The number of hydrogen-bond acceptors (Lipinski definition) is 5. The van der Waals surface area contributed by atoms with E-state index in [0.717, 1.165) is 44.1 Å². The van der Waals surface area contributed by atoms with Crippen LogP contribution in [-0.4, -0.2) is 48.2 Å². The van der Waals surface area contributed by atoms with Gasteiger partial charge in [0.05, 0.1) is 29.2 Å². The highest BCUT2D eigenvalue weighted by molar-refractivity contribution is 6.09. The van der Waals surface area contributed by atoms with Gasteiger partial charge in [-0.15, -0.1) is 0 Å². The van der Waals surface area contributed by atoms with E-state index in [9.17, 15) is 18.0 Å². The molecule has 3 saturated heterocycles. The molecule has 0 aliphatic carbocycles. The summed E-state index contributed by atoms with van der Waals surface area (Å²) in [6, 6.07) is 7.82. The zero-order valence-corrected chi connectivity index (χ0v) is 18.5. The largest absolute Gasteiger partial charge is 0.346 e. The summed E-state index contributed by atoms with van der Waals surface area (Å²) in [6.45, 7) is 2.31. The number of anilines is 2. The number of carbonyl (C=O) groups is 1. The SMILES string of the molecule is O=C1N(c2ccnc3ccc(N4C[C@@H](F)C[C@@H]4c4cc(F)ccc4F)nc23)CC12CCNCC2. The summed E-state index contributed by atoms with van der Waals surface area (Å²) in [5.41, 5.74) is 1.63. The second kappa shape index (κ2) is 7.94. The van der Waals surface area contributed by atoms with Gasteiger partial charge in [0.15, 0.2) is 0 Å². The van der Waals surface area contributed by atoms with Crippen molar-refractivity contribution in [3.63, 3.8) is 0 Å². The van der Waals surface area contributed by atoms with Crippen LogP contribution in [0.25, 0.3) is 11.0 Å². The van der Waals surface area contributed by atoms with Crippen molar-refractivity contribution in [2.45, 2.75) is 31.5 Å². The van der Waals surface area contributed by atoms with Gasteiger partial charge in [-0.3, -0.25) is 9.78 Å². The summed E-state index contributed by atoms with van der Waals surface area (Å²) in [5.74, 6) is -0.606. The van der Waals surface area contributed by atoms with Crippen LogP contribution in [0.1, 0.15) is 30.9 Å². The number of rotatable bonds is 3. The fourth-order valence-corrected chi connectivity index (χ4v) is 5.59. The van der Waals surface area contributed by atoms with E-state index in [-0.39, 0.29) is 29.9 Å². The van der Waals surface area contributed by atoms with E-state index >= 15 is 0 Å². The molecule has 2 aromatic heterocycles. The number of β-lactam (4-membered cyclic amide) rings is 1. The third kappa shape index (κ3) is 3.33. The molecule has 3 fully saturated rings. The van der Waals surface area contributed by atoms with Crippen molar-refractivity contribution in [3.8, 4) is 0 Å². The van der Waals surface area contributed by atoms with Crippen LogP contribution in [0.15, 0.2) is 42.6 Å². The number of amides is 1. The number of fused-ring (bicyclic) bond motifs is 1. The van der Waals surface area contributed by atoms with Crippen molar-refractivity contribution < 1.29 is 18.0 Å². The zero-order chi connectivity index (χ0) is 23.4. The predicted octanol–water partition coefficient (Wildman–Crippen LogP) is 3.91. The van der Waals surface area contributed by atoms with Gasteiger partial charge in [-0.2, -0.15) is 0 Å². The van der Waals surface area contributed by atoms with Crippen LogP contribution in [0.5, 0.6) is 0 Å². The highest BCUT2D eigenvalue weighted by Gasteiger charge is 2.53. The molecule has 1 aromatic carbocycles. The van der Waals surface area contributed by atoms with Gasteiger partial charge in [0.2, 0.25) is 5.91 Å². The lowest BCUT2D eigenvalue weighted by atomic mass is 9.71. The number of aromatic nitrogens is 2. The Morgan fingerprint density at radius 2 is 1.91 bits per heavy atom. The average Bonchev–Trinajstić information content (AvgIpc) is 3.25. The number of nitrogens with zero attached hydrogens (tertiary/aromatic N) is 4. The van der Waals surface area contributed by atoms with Crippen LogP contribution in [0.2, 0.25) is 0 Å². The molecule has 3 aliphatic rings. The predicted molar refractivity (Wildman–Crippen MR) is 122 cm³/mol. The lowest BCUT2D eigenvalue weighted by molar-refractivity contribution is -0.136. The van der Waals surface area contributed by atoms with Crippen molar-refractivity contribution in [3.05, 3.63) is 59.8 Å². The van der Waals surface area contributed by atoms with E-state index < -0.39 is 23.8 Å². The first-order valence-electron chi connectivity index (χ1n) is 11.6. The fourth-order valence-electron chi connectivity index (χ4n) is 5.59. The van der Waals surface area contributed by atoms with Gasteiger partial charge in [0, 0.05) is 24.7 Å². The Morgan fingerprint density at radius 3 is 2.71 bits per heavy atom. The van der Waals surface area contributed by atoms with Crippen LogP contribution in [-0.2, 0) is 4.79 Å². The highest BCUT2D eigenvalue weighted by atomic mass is 19.1. The Bertz CT molecular complexity index is 1280. The van der Waals surface area contributed by atoms with E-state index in [1.165, 1.54) is 0 Å². The maximum atomic E-state index is 14.5. The summed E-state index contributed by atoms with van der Waals surface area (Å²) in [4.78, 5) is 25.8. The van der Waals surface area contributed by atoms with Gasteiger partial charge in [-0.05, 0) is 62.3 Å². The molecule has 0 radical (unpaired) electrons. The third-order valence-corrected chi connectivity index (χ3v) is 7.42. The Morgan fingerprint density at radius 1 is 1.09 bits per heavy atom. The van der Waals surface area contributed by atoms with Crippen molar-refractivity contribution in [2.24, 2.45) is 5.41 Å². The summed E-state index contributed by atoms with van der Waals surface area (Å²) in [5, 5.41) is 3.30. The van der Waals surface area contributed by atoms with Crippen LogP contribution in [0.4, 0.5) is 24.7 Å². The first-order chi connectivity index (χ1) is 16.4. The van der Waals surface area contributed by atoms with Crippen LogP contribution in [0, 0.1) is 17.0 Å². The first-order valence-corrected chi connectivity index (χ1v) is 11.6. The molecule has 0 unspecified atom stereocenters. The van der Waals surface area contributed by atoms with Crippen molar-refractivity contribution in [1.29, 1.82) is 0 Å². The van der Waals surface area contributed by atoms with E-state index in [4.69, 9.17) is 4.98 Å².